The maximum atomic E-state index is 13.3. The number of halogens is 1. The van der Waals surface area contributed by atoms with Crippen LogP contribution in [-0.4, -0.2) is 34.6 Å². The smallest absolute Gasteiger partial charge is 0.332 e. The lowest BCUT2D eigenvalue weighted by Gasteiger charge is -2.30. The number of carbonyl (C=O) groups excluding carboxylic acids is 1. The van der Waals surface area contributed by atoms with Crippen LogP contribution in [0.15, 0.2) is 58.1 Å². The van der Waals surface area contributed by atoms with Gasteiger partial charge in [-0.1, -0.05) is 41.9 Å². The van der Waals surface area contributed by atoms with Crippen molar-refractivity contribution in [2.24, 2.45) is 0 Å². The summed E-state index contributed by atoms with van der Waals surface area (Å²) in [6.45, 7) is 3.69. The Kier molecular flexibility index (Phi) is 7.60. The highest BCUT2D eigenvalue weighted by molar-refractivity contribution is 6.31. The summed E-state index contributed by atoms with van der Waals surface area (Å²) in [7, 11) is 0. The maximum Gasteiger partial charge on any atom is 0.332 e. The van der Waals surface area contributed by atoms with Gasteiger partial charge in [-0.2, -0.15) is 0 Å². The van der Waals surface area contributed by atoms with Crippen molar-refractivity contribution in [3.8, 4) is 0 Å². The van der Waals surface area contributed by atoms with Gasteiger partial charge in [-0.25, -0.2) is 4.79 Å². The van der Waals surface area contributed by atoms with E-state index in [1.165, 1.54) is 11.0 Å². The number of piperidine rings is 1. The minimum Gasteiger partial charge on any atom is -0.384 e. The number of nitrogen functional groups attached to an aromatic ring is 1. The predicted molar refractivity (Wildman–Crippen MR) is 141 cm³/mol. The minimum atomic E-state index is -0.673. The molecule has 3 aromatic rings. The normalized spacial score (nSPS) is 13.6. The number of ketones is 1. The van der Waals surface area contributed by atoms with Gasteiger partial charge in [0.2, 0.25) is 0 Å². The van der Waals surface area contributed by atoms with Crippen LogP contribution >= 0.6 is 11.6 Å². The third-order valence-electron chi connectivity index (χ3n) is 6.34. The number of carbonyl (C=O) groups is 1. The molecule has 0 aliphatic carbocycles. The molecule has 0 radical (unpaired) electrons. The molecule has 0 spiro atoms. The maximum absolute atomic E-state index is 13.3. The van der Waals surface area contributed by atoms with Gasteiger partial charge in [-0.3, -0.25) is 18.7 Å². The molecule has 0 saturated carbocycles. The highest BCUT2D eigenvalue weighted by Gasteiger charge is 2.23. The van der Waals surface area contributed by atoms with Gasteiger partial charge in [-0.15, -0.1) is 0 Å². The fraction of sp³-hybridized carbons (Fsp3) is 0.346. The zero-order valence-corrected chi connectivity index (χ0v) is 20.6. The van der Waals surface area contributed by atoms with Crippen LogP contribution in [0.1, 0.15) is 42.1 Å². The van der Waals surface area contributed by atoms with Crippen molar-refractivity contribution in [2.45, 2.75) is 39.3 Å². The van der Waals surface area contributed by atoms with E-state index in [0.717, 1.165) is 47.4 Å². The molecule has 1 aliphatic heterocycles. The van der Waals surface area contributed by atoms with E-state index in [0.29, 0.717) is 5.02 Å². The summed E-state index contributed by atoms with van der Waals surface area (Å²) in [4.78, 5) is 41.6. The zero-order chi connectivity index (χ0) is 24.9. The second-order valence-electron chi connectivity index (χ2n) is 8.65. The third kappa shape index (κ3) is 5.27. The molecule has 4 rings (SSSR count). The molecule has 3 N–H and O–H groups in total. The molecule has 0 bridgehead atoms. The quantitative estimate of drug-likeness (QED) is 0.463. The molecule has 184 valence electrons. The topological polar surface area (TPSA) is 102 Å². The second-order valence-corrected chi connectivity index (χ2v) is 9.09. The van der Waals surface area contributed by atoms with Crippen LogP contribution < -0.4 is 27.2 Å². The van der Waals surface area contributed by atoms with E-state index < -0.39 is 17.0 Å². The Morgan fingerprint density at radius 1 is 1.03 bits per heavy atom. The van der Waals surface area contributed by atoms with E-state index in [1.54, 1.807) is 13.0 Å². The van der Waals surface area contributed by atoms with Crippen LogP contribution in [0.25, 0.3) is 0 Å². The number of hydrogen-bond donors (Lipinski definition) is 2. The standard InChI is InChI=1S/C26H30ClN5O3/c1-2-31-25(34)23(24(28)32(26(31)35)17-18-9-5-3-6-10-18)22(33)16-29-20-15-19(27)11-12-21(20)30-13-7-4-8-14-30/h3,5-6,9-12,15,29H,2,4,7-8,13-14,16-17,28H2,1H3. The van der Waals surface area contributed by atoms with Crippen LogP contribution in [-0.2, 0) is 13.1 Å². The summed E-state index contributed by atoms with van der Waals surface area (Å²) in [5.41, 5.74) is 7.40. The van der Waals surface area contributed by atoms with Gasteiger partial charge < -0.3 is 16.0 Å². The molecule has 1 aliphatic rings. The Morgan fingerprint density at radius 2 is 1.74 bits per heavy atom. The minimum absolute atomic E-state index is 0.122. The monoisotopic (exact) mass is 495 g/mol. The lowest BCUT2D eigenvalue weighted by Crippen LogP contribution is -2.44. The molecule has 0 atom stereocenters. The summed E-state index contributed by atoms with van der Waals surface area (Å²) in [5, 5.41) is 3.70. The summed E-state index contributed by atoms with van der Waals surface area (Å²) < 4.78 is 2.33. The van der Waals surface area contributed by atoms with E-state index in [9.17, 15) is 14.4 Å². The van der Waals surface area contributed by atoms with Crippen molar-refractivity contribution in [3.63, 3.8) is 0 Å². The van der Waals surface area contributed by atoms with Gasteiger partial charge in [-0.05, 0) is 49.9 Å². The van der Waals surface area contributed by atoms with E-state index >= 15 is 0 Å². The number of rotatable bonds is 8. The largest absolute Gasteiger partial charge is 0.384 e. The van der Waals surface area contributed by atoms with Crippen molar-refractivity contribution >= 4 is 34.6 Å². The SMILES string of the molecule is CCn1c(=O)c(C(=O)CNc2cc(Cl)ccc2N2CCCCC2)c(N)n(Cc2ccccc2)c1=O. The van der Waals surface area contributed by atoms with Gasteiger partial charge in [0, 0.05) is 24.7 Å². The van der Waals surface area contributed by atoms with E-state index in [-0.39, 0.29) is 31.0 Å². The molecule has 0 amide bonds. The third-order valence-corrected chi connectivity index (χ3v) is 6.58. The first-order valence-corrected chi connectivity index (χ1v) is 12.3. The van der Waals surface area contributed by atoms with Crippen molar-refractivity contribution in [2.75, 3.05) is 35.6 Å². The fourth-order valence-electron chi connectivity index (χ4n) is 4.50. The van der Waals surface area contributed by atoms with Crippen LogP contribution in [0.5, 0.6) is 0 Å². The Hall–Kier alpha value is -3.52. The Labute approximate surface area is 208 Å². The Bertz CT molecular complexity index is 1330. The highest BCUT2D eigenvalue weighted by Crippen LogP contribution is 2.31. The molecule has 8 nitrogen and oxygen atoms in total. The molecule has 1 saturated heterocycles. The van der Waals surface area contributed by atoms with Gasteiger partial charge >= 0.3 is 5.69 Å². The van der Waals surface area contributed by atoms with Crippen LogP contribution in [0.4, 0.5) is 17.2 Å². The van der Waals surface area contributed by atoms with E-state index in [1.807, 2.05) is 42.5 Å². The first kappa shape index (κ1) is 24.6. The van der Waals surface area contributed by atoms with E-state index in [4.69, 9.17) is 17.3 Å². The summed E-state index contributed by atoms with van der Waals surface area (Å²) in [6.07, 6.45) is 3.42. The van der Waals surface area contributed by atoms with Crippen molar-refractivity contribution < 1.29 is 4.79 Å². The van der Waals surface area contributed by atoms with Gasteiger partial charge in [0.25, 0.3) is 5.56 Å². The summed E-state index contributed by atoms with van der Waals surface area (Å²) in [5.74, 6) is -0.608. The number of nitrogens with zero attached hydrogens (tertiary/aromatic N) is 3. The molecule has 9 heteroatoms. The second kappa shape index (κ2) is 10.8. The number of hydrogen-bond acceptors (Lipinski definition) is 6. The molecular formula is C26H30ClN5O3. The zero-order valence-electron chi connectivity index (χ0n) is 19.8. The Balaban J connectivity index is 1.65. The van der Waals surface area contributed by atoms with Gasteiger partial charge in [0.1, 0.15) is 11.4 Å². The lowest BCUT2D eigenvalue weighted by atomic mass is 10.1. The first-order valence-electron chi connectivity index (χ1n) is 11.9. The summed E-state index contributed by atoms with van der Waals surface area (Å²) >= 11 is 6.24. The van der Waals surface area contributed by atoms with E-state index in [2.05, 4.69) is 10.2 Å². The molecule has 2 aromatic carbocycles. The average Bonchev–Trinajstić information content (AvgIpc) is 2.87. The molecule has 2 heterocycles. The lowest BCUT2D eigenvalue weighted by molar-refractivity contribution is 0.100. The van der Waals surface area contributed by atoms with Crippen LogP contribution in [0.2, 0.25) is 5.02 Å². The number of benzene rings is 2. The molecule has 35 heavy (non-hydrogen) atoms. The fourth-order valence-corrected chi connectivity index (χ4v) is 4.67. The predicted octanol–water partition coefficient (Wildman–Crippen LogP) is 3.60. The molecule has 1 fully saturated rings. The number of aromatic nitrogens is 2. The molecule has 1 aromatic heterocycles. The number of nitrogens with two attached hydrogens (primary N) is 1. The van der Waals surface area contributed by atoms with Gasteiger partial charge in [0.15, 0.2) is 5.78 Å². The molecular weight excluding hydrogens is 466 g/mol. The van der Waals surface area contributed by atoms with Crippen molar-refractivity contribution in [3.05, 3.63) is 85.5 Å². The Morgan fingerprint density at radius 3 is 2.43 bits per heavy atom. The van der Waals surface area contributed by atoms with Crippen molar-refractivity contribution in [1.29, 1.82) is 0 Å². The number of nitrogens with one attached hydrogen (secondary N) is 1. The van der Waals surface area contributed by atoms with Crippen molar-refractivity contribution in [1.82, 2.24) is 9.13 Å². The number of Topliss-reactive ketones (excluding diaryl/α,β-unsaturated/α-hetero) is 1. The molecule has 0 unspecified atom stereocenters. The first-order chi connectivity index (χ1) is 16.9. The highest BCUT2D eigenvalue weighted by atomic mass is 35.5. The number of anilines is 3. The summed E-state index contributed by atoms with van der Waals surface area (Å²) in [6, 6.07) is 14.9. The van der Waals surface area contributed by atoms with Gasteiger partial charge in [0.05, 0.1) is 24.5 Å². The average molecular weight is 496 g/mol. The van der Waals surface area contributed by atoms with Crippen LogP contribution in [0.3, 0.4) is 0 Å². The van der Waals surface area contributed by atoms with Crippen LogP contribution in [0, 0.1) is 0 Å².